The van der Waals surface area contributed by atoms with Gasteiger partial charge in [0.1, 0.15) is 0 Å². The van der Waals surface area contributed by atoms with Gasteiger partial charge in [-0.3, -0.25) is 0 Å². The smallest absolute Gasteiger partial charge is 0.217 e. The first-order valence-electron chi connectivity index (χ1n) is 4.14. The van der Waals surface area contributed by atoms with Crippen LogP contribution in [0.15, 0.2) is 10.7 Å². The minimum absolute atomic E-state index is 0.273. The van der Waals surface area contributed by atoms with Crippen molar-refractivity contribution in [3.8, 4) is 0 Å². The van der Waals surface area contributed by atoms with Crippen molar-refractivity contribution in [3.05, 3.63) is 27.7 Å². The fourth-order valence-corrected chi connectivity index (χ4v) is 1.51. The molecule has 72 valence electrons. The number of hydrogen-bond acceptors (Lipinski definition) is 2. The highest BCUT2D eigenvalue weighted by atomic mass is 79.9. The average molecular weight is 247 g/mol. The molecule has 0 amide bonds. The molecule has 0 saturated heterocycles. The number of nitrogens with zero attached hydrogens (tertiary/aromatic N) is 1. The normalized spacial score (nSPS) is 13.0. The van der Waals surface area contributed by atoms with Gasteiger partial charge in [0.25, 0.3) is 0 Å². The predicted octanol–water partition coefficient (Wildman–Crippen LogP) is 2.70. The standard InChI is InChI=1S/C9H12BrFN2/c1-3-7(12)8-5(2)6(10)4-13-9(8)11/h4,7H,3,12H2,1-2H3/t7-/m1/s1. The van der Waals surface area contributed by atoms with Crippen LogP contribution in [0.4, 0.5) is 4.39 Å². The van der Waals surface area contributed by atoms with E-state index in [1.807, 2.05) is 13.8 Å². The van der Waals surface area contributed by atoms with Gasteiger partial charge in [-0.05, 0) is 34.8 Å². The molecule has 2 N–H and O–H groups in total. The van der Waals surface area contributed by atoms with Gasteiger partial charge in [0.2, 0.25) is 5.95 Å². The van der Waals surface area contributed by atoms with Crippen molar-refractivity contribution in [1.29, 1.82) is 0 Å². The first kappa shape index (κ1) is 10.6. The molecule has 1 atom stereocenters. The quantitative estimate of drug-likeness (QED) is 0.816. The first-order chi connectivity index (χ1) is 6.07. The van der Waals surface area contributed by atoms with E-state index in [2.05, 4.69) is 20.9 Å². The summed E-state index contributed by atoms with van der Waals surface area (Å²) in [7, 11) is 0. The lowest BCUT2D eigenvalue weighted by atomic mass is 10.0. The molecule has 4 heteroatoms. The molecule has 13 heavy (non-hydrogen) atoms. The van der Waals surface area contributed by atoms with Crippen molar-refractivity contribution in [3.63, 3.8) is 0 Å². The molecule has 1 heterocycles. The summed E-state index contributed by atoms with van der Waals surface area (Å²) in [6, 6.07) is -0.273. The molecule has 0 fully saturated rings. The molecule has 0 saturated carbocycles. The van der Waals surface area contributed by atoms with Gasteiger partial charge in [0, 0.05) is 22.3 Å². The largest absolute Gasteiger partial charge is 0.324 e. The minimum atomic E-state index is -0.463. The molecule has 0 aliphatic carbocycles. The molecular weight excluding hydrogens is 235 g/mol. The van der Waals surface area contributed by atoms with Crippen LogP contribution in [0.3, 0.4) is 0 Å². The van der Waals surface area contributed by atoms with Crippen LogP contribution in [0.1, 0.15) is 30.5 Å². The molecule has 1 aromatic rings. The Kier molecular flexibility index (Phi) is 3.39. The van der Waals surface area contributed by atoms with Gasteiger partial charge in [-0.2, -0.15) is 4.39 Å². The van der Waals surface area contributed by atoms with E-state index in [9.17, 15) is 4.39 Å². The Balaban J connectivity index is 3.25. The Morgan fingerprint density at radius 1 is 1.69 bits per heavy atom. The molecule has 0 bridgehead atoms. The zero-order chi connectivity index (χ0) is 10.0. The lowest BCUT2D eigenvalue weighted by molar-refractivity contribution is 0.536. The lowest BCUT2D eigenvalue weighted by Crippen LogP contribution is -2.13. The van der Waals surface area contributed by atoms with Crippen LogP contribution >= 0.6 is 15.9 Å². The minimum Gasteiger partial charge on any atom is -0.324 e. The molecule has 0 unspecified atom stereocenters. The predicted molar refractivity (Wildman–Crippen MR) is 53.9 cm³/mol. The summed E-state index contributed by atoms with van der Waals surface area (Å²) in [5.74, 6) is -0.463. The van der Waals surface area contributed by atoms with Crippen LogP contribution in [0.5, 0.6) is 0 Å². The molecule has 0 radical (unpaired) electrons. The third kappa shape index (κ3) is 2.06. The van der Waals surface area contributed by atoms with Gasteiger partial charge in [-0.25, -0.2) is 4.98 Å². The van der Waals surface area contributed by atoms with Crippen LogP contribution in [0.25, 0.3) is 0 Å². The van der Waals surface area contributed by atoms with Crippen molar-refractivity contribution < 1.29 is 4.39 Å². The monoisotopic (exact) mass is 246 g/mol. The zero-order valence-electron chi connectivity index (χ0n) is 7.64. The van der Waals surface area contributed by atoms with Crippen LogP contribution in [-0.4, -0.2) is 4.98 Å². The molecule has 1 rings (SSSR count). The van der Waals surface area contributed by atoms with Crippen LogP contribution in [0, 0.1) is 12.9 Å². The van der Waals surface area contributed by atoms with Crippen LogP contribution in [0.2, 0.25) is 0 Å². The Bertz CT molecular complexity index is 315. The number of rotatable bonds is 2. The third-order valence-electron chi connectivity index (χ3n) is 2.09. The van der Waals surface area contributed by atoms with E-state index >= 15 is 0 Å². The second kappa shape index (κ2) is 4.15. The van der Waals surface area contributed by atoms with Gasteiger partial charge in [0.05, 0.1) is 0 Å². The summed E-state index contributed by atoms with van der Waals surface area (Å²) < 4.78 is 14.1. The molecule has 0 spiro atoms. The molecule has 2 nitrogen and oxygen atoms in total. The number of pyridine rings is 1. The molecule has 0 aliphatic heterocycles. The molecule has 0 aliphatic rings. The molecular formula is C9H12BrFN2. The van der Waals surface area contributed by atoms with E-state index in [0.29, 0.717) is 12.0 Å². The Hall–Kier alpha value is -0.480. The fraction of sp³-hybridized carbons (Fsp3) is 0.444. The second-order valence-electron chi connectivity index (χ2n) is 2.95. The number of halogens is 2. The van der Waals surface area contributed by atoms with Crippen LogP contribution < -0.4 is 5.73 Å². The van der Waals surface area contributed by atoms with Gasteiger partial charge >= 0.3 is 0 Å². The highest BCUT2D eigenvalue weighted by molar-refractivity contribution is 9.10. The summed E-state index contributed by atoms with van der Waals surface area (Å²) in [5.41, 5.74) is 7.11. The number of aromatic nitrogens is 1. The lowest BCUT2D eigenvalue weighted by Gasteiger charge is -2.13. The average Bonchev–Trinajstić information content (AvgIpc) is 2.12. The van der Waals surface area contributed by atoms with Crippen molar-refractivity contribution in [2.24, 2.45) is 5.73 Å². The van der Waals surface area contributed by atoms with Crippen LogP contribution in [-0.2, 0) is 0 Å². The highest BCUT2D eigenvalue weighted by Crippen LogP contribution is 2.25. The third-order valence-corrected chi connectivity index (χ3v) is 2.89. The number of nitrogens with two attached hydrogens (primary N) is 1. The Labute approximate surface area is 85.5 Å². The maximum absolute atomic E-state index is 13.3. The highest BCUT2D eigenvalue weighted by Gasteiger charge is 2.15. The van der Waals surface area contributed by atoms with Gasteiger partial charge in [-0.15, -0.1) is 0 Å². The summed E-state index contributed by atoms with van der Waals surface area (Å²) in [4.78, 5) is 3.61. The topological polar surface area (TPSA) is 38.9 Å². The van der Waals surface area contributed by atoms with Gasteiger partial charge in [0.15, 0.2) is 0 Å². The van der Waals surface area contributed by atoms with E-state index in [0.717, 1.165) is 10.0 Å². The van der Waals surface area contributed by atoms with Gasteiger partial charge < -0.3 is 5.73 Å². The SMILES string of the molecule is CC[C@@H](N)c1c(F)ncc(Br)c1C. The Morgan fingerprint density at radius 3 is 2.85 bits per heavy atom. The Morgan fingerprint density at radius 2 is 2.31 bits per heavy atom. The zero-order valence-corrected chi connectivity index (χ0v) is 9.23. The second-order valence-corrected chi connectivity index (χ2v) is 3.80. The molecule has 1 aromatic heterocycles. The van der Waals surface area contributed by atoms with E-state index in [1.54, 1.807) is 0 Å². The summed E-state index contributed by atoms with van der Waals surface area (Å²) in [5, 5.41) is 0. The van der Waals surface area contributed by atoms with Crippen molar-refractivity contribution in [2.45, 2.75) is 26.3 Å². The number of hydrogen-bond donors (Lipinski definition) is 1. The van der Waals surface area contributed by atoms with Crippen molar-refractivity contribution >= 4 is 15.9 Å². The summed E-state index contributed by atoms with van der Waals surface area (Å²) in [6.07, 6.45) is 2.16. The van der Waals surface area contributed by atoms with Crippen molar-refractivity contribution in [1.82, 2.24) is 4.98 Å². The fourth-order valence-electron chi connectivity index (χ4n) is 1.20. The van der Waals surface area contributed by atoms with E-state index in [1.165, 1.54) is 6.20 Å². The van der Waals surface area contributed by atoms with E-state index < -0.39 is 5.95 Å². The summed E-state index contributed by atoms with van der Waals surface area (Å²) in [6.45, 7) is 3.75. The maximum Gasteiger partial charge on any atom is 0.217 e. The summed E-state index contributed by atoms with van der Waals surface area (Å²) >= 11 is 3.29. The van der Waals surface area contributed by atoms with E-state index in [-0.39, 0.29) is 6.04 Å². The van der Waals surface area contributed by atoms with Crippen molar-refractivity contribution in [2.75, 3.05) is 0 Å². The van der Waals surface area contributed by atoms with E-state index in [4.69, 9.17) is 5.73 Å². The van der Waals surface area contributed by atoms with Gasteiger partial charge in [-0.1, -0.05) is 6.92 Å². The molecule has 0 aromatic carbocycles. The first-order valence-corrected chi connectivity index (χ1v) is 4.93. The maximum atomic E-state index is 13.3.